The van der Waals surface area contributed by atoms with Crippen LogP contribution < -0.4 is 15.4 Å². The summed E-state index contributed by atoms with van der Waals surface area (Å²) in [5, 5.41) is 6.66. The largest absolute Gasteiger partial charge is 0.352 e. The molecular formula is C33H47N10S2+. The zero-order valence-electron chi connectivity index (χ0n) is 26.8. The number of hydrogen-bond acceptors (Lipinski definition) is 8. The number of fused-ring (bicyclic) bond motifs is 2. The lowest BCUT2D eigenvalue weighted by atomic mass is 10.2. The summed E-state index contributed by atoms with van der Waals surface area (Å²) in [5.74, 6) is 4.34. The van der Waals surface area contributed by atoms with Crippen molar-refractivity contribution in [3.05, 3.63) is 17.1 Å². The lowest BCUT2D eigenvalue weighted by Gasteiger charge is -2.14. The van der Waals surface area contributed by atoms with Crippen LogP contribution in [0.2, 0.25) is 0 Å². The van der Waals surface area contributed by atoms with Gasteiger partial charge in [0, 0.05) is 24.4 Å². The number of hydrogen-bond donors (Lipinski definition) is 3. The number of thioether (sulfide) groups is 2. The van der Waals surface area contributed by atoms with Crippen LogP contribution in [-0.2, 0) is 13.1 Å². The highest BCUT2D eigenvalue weighted by Gasteiger charge is 2.34. The topological polar surface area (TPSA) is 116 Å². The molecule has 4 aromatic rings. The van der Waals surface area contributed by atoms with Crippen molar-refractivity contribution < 1.29 is 4.57 Å². The molecule has 240 valence electrons. The molecule has 0 atom stereocenters. The summed E-state index contributed by atoms with van der Waals surface area (Å²) < 4.78 is 4.67. The molecule has 4 heterocycles. The molecule has 0 saturated heterocycles. The summed E-state index contributed by atoms with van der Waals surface area (Å²) in [6, 6.07) is 0.856. The smallest absolute Gasteiger partial charge is 0.302 e. The van der Waals surface area contributed by atoms with Crippen molar-refractivity contribution in [2.45, 2.75) is 151 Å². The van der Waals surface area contributed by atoms with Gasteiger partial charge < -0.3 is 19.9 Å². The highest BCUT2D eigenvalue weighted by atomic mass is 32.2. The molecule has 4 aliphatic carbocycles. The second-order valence-electron chi connectivity index (χ2n) is 13.6. The Bertz CT molecular complexity index is 1740. The van der Waals surface area contributed by atoms with Gasteiger partial charge in [-0.3, -0.25) is 4.99 Å². The third-order valence-corrected chi connectivity index (χ3v) is 11.9. The molecule has 3 N–H and O–H groups in total. The van der Waals surface area contributed by atoms with Crippen LogP contribution in [0.1, 0.15) is 127 Å². The summed E-state index contributed by atoms with van der Waals surface area (Å²) in [5.41, 5.74) is 5.01. The molecule has 0 bridgehead atoms. The summed E-state index contributed by atoms with van der Waals surface area (Å²) in [4.78, 5) is 33.5. The predicted molar refractivity (Wildman–Crippen MR) is 181 cm³/mol. The number of aryl methyl sites for hydroxylation is 2. The van der Waals surface area contributed by atoms with Crippen molar-refractivity contribution in [3.63, 3.8) is 0 Å². The van der Waals surface area contributed by atoms with Crippen LogP contribution in [0.25, 0.3) is 22.3 Å². The monoisotopic (exact) mass is 647 g/mol. The van der Waals surface area contributed by atoms with Crippen LogP contribution in [0.3, 0.4) is 0 Å². The first-order chi connectivity index (χ1) is 22.2. The van der Waals surface area contributed by atoms with Crippen molar-refractivity contribution in [1.82, 2.24) is 34.5 Å². The third kappa shape index (κ3) is 6.25. The van der Waals surface area contributed by atoms with E-state index in [1.165, 1.54) is 64.2 Å². The summed E-state index contributed by atoms with van der Waals surface area (Å²) >= 11 is 3.59. The molecule has 4 saturated carbocycles. The Hall–Kier alpha value is -2.60. The second kappa shape index (κ2) is 12.9. The molecule has 4 fully saturated rings. The van der Waals surface area contributed by atoms with Crippen LogP contribution in [0.5, 0.6) is 0 Å². The van der Waals surface area contributed by atoms with Crippen molar-refractivity contribution >= 4 is 51.7 Å². The van der Waals surface area contributed by atoms with E-state index in [2.05, 4.69) is 38.3 Å². The Balaban J connectivity index is 1.14. The molecule has 0 spiro atoms. The number of H-pyrrole nitrogens is 2. The fourth-order valence-corrected chi connectivity index (χ4v) is 9.10. The maximum Gasteiger partial charge on any atom is 0.302 e. The van der Waals surface area contributed by atoms with Crippen molar-refractivity contribution in [2.75, 3.05) is 10.4 Å². The van der Waals surface area contributed by atoms with Gasteiger partial charge in [-0.2, -0.15) is 0 Å². The SMILES string of the molecule is CCCn1c(SCSc2nc(NC3CCCC3)c3[nH]c(C4CC4)nc3[n+]2CCC)nc(=NC2CCCC2)c2[nH]c(C3CC3)nc21. The molecular weight excluding hydrogens is 601 g/mol. The van der Waals surface area contributed by atoms with E-state index in [-0.39, 0.29) is 0 Å². The number of aromatic nitrogens is 8. The maximum absolute atomic E-state index is 5.30. The van der Waals surface area contributed by atoms with E-state index in [4.69, 9.17) is 24.9 Å². The molecule has 4 aromatic heterocycles. The van der Waals surface area contributed by atoms with E-state index in [1.807, 2.05) is 0 Å². The molecule has 12 heteroatoms. The highest BCUT2D eigenvalue weighted by Crippen LogP contribution is 2.40. The summed E-state index contributed by atoms with van der Waals surface area (Å²) in [6.45, 7) is 6.26. The average molecular weight is 648 g/mol. The molecule has 8 rings (SSSR count). The van der Waals surface area contributed by atoms with Crippen molar-refractivity contribution in [3.8, 4) is 0 Å². The van der Waals surface area contributed by atoms with E-state index < -0.39 is 0 Å². The Morgan fingerprint density at radius 1 is 0.822 bits per heavy atom. The third-order valence-electron chi connectivity index (χ3n) is 9.77. The van der Waals surface area contributed by atoms with Gasteiger partial charge in [-0.05, 0) is 76.0 Å². The number of imidazole rings is 2. The van der Waals surface area contributed by atoms with Gasteiger partial charge in [-0.1, -0.05) is 61.3 Å². The maximum atomic E-state index is 5.30. The minimum Gasteiger partial charge on any atom is -0.352 e. The Morgan fingerprint density at radius 2 is 1.53 bits per heavy atom. The van der Waals surface area contributed by atoms with Gasteiger partial charge in [0.2, 0.25) is 5.82 Å². The van der Waals surface area contributed by atoms with Gasteiger partial charge in [-0.25, -0.2) is 14.5 Å². The van der Waals surface area contributed by atoms with Gasteiger partial charge in [0.25, 0.3) is 5.65 Å². The van der Waals surface area contributed by atoms with E-state index >= 15 is 0 Å². The summed E-state index contributed by atoms with van der Waals surface area (Å²) in [7, 11) is 0. The fourth-order valence-electron chi connectivity index (χ4n) is 7.05. The van der Waals surface area contributed by atoms with Crippen LogP contribution in [0.15, 0.2) is 15.3 Å². The van der Waals surface area contributed by atoms with Crippen LogP contribution in [0.4, 0.5) is 5.82 Å². The molecule has 0 radical (unpaired) electrons. The molecule has 0 aliphatic heterocycles. The zero-order valence-corrected chi connectivity index (χ0v) is 28.4. The number of anilines is 1. The summed E-state index contributed by atoms with van der Waals surface area (Å²) in [6.07, 6.45) is 16.8. The van der Waals surface area contributed by atoms with Gasteiger partial charge >= 0.3 is 5.16 Å². The average Bonchev–Trinajstić information content (AvgIpc) is 3.80. The number of nitrogens with zero attached hydrogens (tertiary/aromatic N) is 7. The lowest BCUT2D eigenvalue weighted by Crippen LogP contribution is -2.39. The van der Waals surface area contributed by atoms with Crippen LogP contribution in [0, 0.1) is 0 Å². The van der Waals surface area contributed by atoms with E-state index in [0.29, 0.717) is 23.9 Å². The second-order valence-corrected chi connectivity index (χ2v) is 15.8. The van der Waals surface area contributed by atoms with Gasteiger partial charge in [0.1, 0.15) is 11.3 Å². The number of nitrogens with one attached hydrogen (secondary N) is 3. The zero-order chi connectivity index (χ0) is 30.3. The van der Waals surface area contributed by atoms with Gasteiger partial charge in [0.05, 0.1) is 17.7 Å². The standard InChI is InChI=1S/C33H46N10S2/c1-3-17-42-30-24(36-26(38-30)20-13-14-20)28(34-22-9-5-6-10-22)40-32(42)44-19-45-33-41-29(35-23-11-7-8-12-23)25-31(43(33)18-4-2)39-27(37-25)21-15-16-21/h20-23H,3-19H2,1-2H3,(H2,34,35,36,37,38,39)/p+1. The normalized spacial score (nSPS) is 20.0. The first-order valence-corrected chi connectivity index (χ1v) is 19.6. The minimum absolute atomic E-state index is 0.367. The first-order valence-electron chi connectivity index (χ1n) is 17.6. The van der Waals surface area contributed by atoms with Crippen molar-refractivity contribution in [1.29, 1.82) is 0 Å². The van der Waals surface area contributed by atoms with Gasteiger partial charge in [0.15, 0.2) is 27.6 Å². The minimum atomic E-state index is 0.367. The Kier molecular flexibility index (Phi) is 8.53. The van der Waals surface area contributed by atoms with Crippen molar-refractivity contribution in [2.24, 2.45) is 4.99 Å². The molecule has 0 unspecified atom stereocenters. The van der Waals surface area contributed by atoms with E-state index in [1.54, 1.807) is 23.5 Å². The van der Waals surface area contributed by atoms with Crippen LogP contribution in [-0.4, -0.2) is 51.6 Å². The highest BCUT2D eigenvalue weighted by molar-refractivity contribution is 8.15. The van der Waals surface area contributed by atoms with E-state index in [0.717, 1.165) is 99.5 Å². The Morgan fingerprint density at radius 3 is 2.24 bits per heavy atom. The molecule has 0 amide bonds. The molecule has 45 heavy (non-hydrogen) atoms. The number of rotatable bonds is 13. The molecule has 0 aromatic carbocycles. The van der Waals surface area contributed by atoms with E-state index in [9.17, 15) is 0 Å². The van der Waals surface area contributed by atoms with Crippen LogP contribution >= 0.6 is 23.5 Å². The predicted octanol–water partition coefficient (Wildman–Crippen LogP) is 6.93. The fraction of sp³-hybridized carbons (Fsp3) is 0.697. The molecule has 10 nitrogen and oxygen atoms in total. The van der Waals surface area contributed by atoms with Gasteiger partial charge in [-0.15, -0.1) is 0 Å². The quantitative estimate of drug-likeness (QED) is 0.0624. The first kappa shape index (κ1) is 29.8. The lowest BCUT2D eigenvalue weighted by molar-refractivity contribution is -0.713. The number of aromatic amines is 2. The molecule has 4 aliphatic rings. The Labute approximate surface area is 273 Å².